The first-order valence-corrected chi connectivity index (χ1v) is 7.45. The highest BCUT2D eigenvalue weighted by atomic mass is 16.5. The number of amides is 1. The topological polar surface area (TPSA) is 68.3 Å². The number of esters is 1. The van der Waals surface area contributed by atoms with Crippen molar-refractivity contribution in [2.24, 2.45) is 0 Å². The Morgan fingerprint density at radius 1 is 1.22 bits per heavy atom. The number of ether oxygens (including phenoxy) is 1. The molecule has 2 aromatic rings. The van der Waals surface area contributed by atoms with E-state index in [1.807, 2.05) is 37.3 Å². The molecule has 0 radical (unpaired) electrons. The molecule has 1 N–H and O–H groups in total. The van der Waals surface area contributed by atoms with E-state index in [1.54, 1.807) is 19.2 Å². The molecule has 0 fully saturated rings. The summed E-state index contributed by atoms with van der Waals surface area (Å²) in [6.45, 7) is 5.33. The lowest BCUT2D eigenvalue weighted by Gasteiger charge is -2.15. The zero-order valence-electron chi connectivity index (χ0n) is 13.5. The van der Waals surface area contributed by atoms with E-state index < -0.39 is 12.1 Å². The van der Waals surface area contributed by atoms with Crippen molar-refractivity contribution in [2.75, 3.05) is 6.54 Å². The molecule has 5 heteroatoms. The number of carbonyl (C=O) groups is 2. The molecule has 0 bridgehead atoms. The van der Waals surface area contributed by atoms with Crippen LogP contribution in [0.1, 0.15) is 29.8 Å². The van der Waals surface area contributed by atoms with Gasteiger partial charge in [-0.25, -0.2) is 4.79 Å². The van der Waals surface area contributed by atoms with E-state index in [4.69, 9.17) is 4.74 Å². The lowest BCUT2D eigenvalue weighted by atomic mass is 9.99. The Balaban J connectivity index is 2.17. The molecule has 120 valence electrons. The quantitative estimate of drug-likeness (QED) is 0.862. The maximum atomic E-state index is 12.3. The molecule has 0 unspecified atom stereocenters. The Morgan fingerprint density at radius 3 is 2.65 bits per heavy atom. The minimum absolute atomic E-state index is 0.152. The molecule has 1 heterocycles. The van der Waals surface area contributed by atoms with Crippen molar-refractivity contribution in [3.05, 3.63) is 53.7 Å². The molecule has 0 aliphatic rings. The van der Waals surface area contributed by atoms with Crippen LogP contribution in [-0.2, 0) is 9.53 Å². The zero-order valence-corrected chi connectivity index (χ0v) is 13.5. The lowest BCUT2D eigenvalue weighted by Crippen LogP contribution is -2.31. The van der Waals surface area contributed by atoms with E-state index in [1.165, 1.54) is 6.92 Å². The highest BCUT2D eigenvalue weighted by molar-refractivity contribution is 5.93. The van der Waals surface area contributed by atoms with Crippen molar-refractivity contribution < 1.29 is 14.3 Å². The molecular formula is C18H20N2O3. The monoisotopic (exact) mass is 312 g/mol. The van der Waals surface area contributed by atoms with Gasteiger partial charge in [0.15, 0.2) is 0 Å². The van der Waals surface area contributed by atoms with Crippen molar-refractivity contribution in [1.82, 2.24) is 10.3 Å². The van der Waals surface area contributed by atoms with Crippen LogP contribution in [0.3, 0.4) is 0 Å². The number of aromatic nitrogens is 1. The molecule has 0 aliphatic carbocycles. The molecule has 23 heavy (non-hydrogen) atoms. The van der Waals surface area contributed by atoms with Gasteiger partial charge in [-0.1, -0.05) is 18.2 Å². The van der Waals surface area contributed by atoms with Gasteiger partial charge in [0, 0.05) is 18.7 Å². The van der Waals surface area contributed by atoms with Crippen LogP contribution in [0.5, 0.6) is 0 Å². The molecule has 0 saturated heterocycles. The van der Waals surface area contributed by atoms with Gasteiger partial charge in [0.05, 0.1) is 17.8 Å². The van der Waals surface area contributed by atoms with Crippen LogP contribution in [0, 0.1) is 6.92 Å². The number of pyridine rings is 1. The van der Waals surface area contributed by atoms with Crippen LogP contribution in [0.15, 0.2) is 42.6 Å². The fourth-order valence-electron chi connectivity index (χ4n) is 2.23. The third-order valence-electron chi connectivity index (χ3n) is 3.44. The highest BCUT2D eigenvalue weighted by Crippen LogP contribution is 2.24. The van der Waals surface area contributed by atoms with Gasteiger partial charge < -0.3 is 10.1 Å². The van der Waals surface area contributed by atoms with Crippen molar-refractivity contribution in [3.63, 3.8) is 0 Å². The van der Waals surface area contributed by atoms with Crippen LogP contribution in [0.25, 0.3) is 11.3 Å². The summed E-state index contributed by atoms with van der Waals surface area (Å²) < 4.78 is 5.38. The second-order valence-corrected chi connectivity index (χ2v) is 5.35. The van der Waals surface area contributed by atoms with Crippen LogP contribution < -0.4 is 5.32 Å². The van der Waals surface area contributed by atoms with Crippen LogP contribution >= 0.6 is 0 Å². The van der Waals surface area contributed by atoms with Gasteiger partial charge in [0.25, 0.3) is 0 Å². The number of benzene rings is 1. The van der Waals surface area contributed by atoms with Crippen LogP contribution in [0.4, 0.5) is 0 Å². The molecule has 5 nitrogen and oxygen atoms in total. The fourth-order valence-corrected chi connectivity index (χ4v) is 2.23. The minimum atomic E-state index is -0.405. The molecule has 1 aromatic carbocycles. The summed E-state index contributed by atoms with van der Waals surface area (Å²) in [4.78, 5) is 27.6. The van der Waals surface area contributed by atoms with Gasteiger partial charge in [-0.3, -0.25) is 9.78 Å². The number of hydrogen-bond acceptors (Lipinski definition) is 4. The molecule has 1 amide bonds. The maximum Gasteiger partial charge on any atom is 0.338 e. The summed E-state index contributed by atoms with van der Waals surface area (Å²) in [6.07, 6.45) is 1.32. The maximum absolute atomic E-state index is 12.3. The normalized spacial score (nSPS) is 11.6. The number of carbonyl (C=O) groups excluding carboxylic acids is 2. The second kappa shape index (κ2) is 7.54. The minimum Gasteiger partial charge on any atom is -0.457 e. The van der Waals surface area contributed by atoms with E-state index in [-0.39, 0.29) is 5.91 Å². The molecule has 0 spiro atoms. The molecule has 2 rings (SSSR count). The van der Waals surface area contributed by atoms with Crippen molar-refractivity contribution >= 4 is 11.9 Å². The Labute approximate surface area is 135 Å². The average Bonchev–Trinajstić information content (AvgIpc) is 2.54. The van der Waals surface area contributed by atoms with E-state index in [0.29, 0.717) is 12.1 Å². The van der Waals surface area contributed by atoms with Gasteiger partial charge in [-0.2, -0.15) is 0 Å². The standard InChI is InChI=1S/C18H20N2O3/c1-12(11-20-14(3)21)23-18(22)16-8-6-7-15(13(16)2)17-9-4-5-10-19-17/h4-10,12H,11H2,1-3H3,(H,20,21)/t12-/m1/s1. The van der Waals surface area contributed by atoms with E-state index in [2.05, 4.69) is 10.3 Å². The van der Waals surface area contributed by atoms with Crippen molar-refractivity contribution in [1.29, 1.82) is 0 Å². The van der Waals surface area contributed by atoms with Gasteiger partial charge in [-0.15, -0.1) is 0 Å². The van der Waals surface area contributed by atoms with E-state index in [9.17, 15) is 9.59 Å². The number of hydrogen-bond donors (Lipinski definition) is 1. The molecule has 0 saturated carbocycles. The third-order valence-corrected chi connectivity index (χ3v) is 3.44. The summed E-state index contributed by atoms with van der Waals surface area (Å²) in [5.74, 6) is -0.556. The molecule has 1 aromatic heterocycles. The first-order chi connectivity index (χ1) is 11.0. The summed E-state index contributed by atoms with van der Waals surface area (Å²) in [6, 6.07) is 11.1. The summed E-state index contributed by atoms with van der Waals surface area (Å²) >= 11 is 0. The average molecular weight is 312 g/mol. The van der Waals surface area contributed by atoms with Gasteiger partial charge >= 0.3 is 5.97 Å². The second-order valence-electron chi connectivity index (χ2n) is 5.35. The van der Waals surface area contributed by atoms with E-state index in [0.717, 1.165) is 16.8 Å². The third kappa shape index (κ3) is 4.39. The highest BCUT2D eigenvalue weighted by Gasteiger charge is 2.17. The number of nitrogens with one attached hydrogen (secondary N) is 1. The smallest absolute Gasteiger partial charge is 0.338 e. The molecule has 1 atom stereocenters. The predicted octanol–water partition coefficient (Wildman–Crippen LogP) is 2.74. The summed E-state index contributed by atoms with van der Waals surface area (Å²) in [5.41, 5.74) is 3.03. The predicted molar refractivity (Wildman–Crippen MR) is 88.0 cm³/mol. The molecule has 0 aliphatic heterocycles. The van der Waals surface area contributed by atoms with Gasteiger partial charge in [0.2, 0.25) is 5.91 Å². The first kappa shape index (κ1) is 16.7. The largest absolute Gasteiger partial charge is 0.457 e. The van der Waals surface area contributed by atoms with E-state index >= 15 is 0 Å². The number of rotatable bonds is 5. The van der Waals surface area contributed by atoms with Crippen molar-refractivity contribution in [2.45, 2.75) is 26.9 Å². The SMILES string of the molecule is CC(=O)NC[C@@H](C)OC(=O)c1cccc(-c2ccccn2)c1C. The lowest BCUT2D eigenvalue weighted by molar-refractivity contribution is -0.119. The Bertz CT molecular complexity index is 699. The molecular weight excluding hydrogens is 292 g/mol. The Kier molecular flexibility index (Phi) is 5.46. The van der Waals surface area contributed by atoms with Crippen molar-refractivity contribution in [3.8, 4) is 11.3 Å². The van der Waals surface area contributed by atoms with Crippen LogP contribution in [-0.4, -0.2) is 29.5 Å². The van der Waals surface area contributed by atoms with Gasteiger partial charge in [-0.05, 0) is 37.6 Å². The van der Waals surface area contributed by atoms with Crippen LogP contribution in [0.2, 0.25) is 0 Å². The fraction of sp³-hybridized carbons (Fsp3) is 0.278. The first-order valence-electron chi connectivity index (χ1n) is 7.45. The Morgan fingerprint density at radius 2 is 2.00 bits per heavy atom. The summed E-state index contributed by atoms with van der Waals surface area (Å²) in [7, 11) is 0. The zero-order chi connectivity index (χ0) is 16.8. The van der Waals surface area contributed by atoms with Gasteiger partial charge in [0.1, 0.15) is 6.10 Å². The summed E-state index contributed by atoms with van der Waals surface area (Å²) in [5, 5.41) is 2.63. The Hall–Kier alpha value is -2.69. The number of nitrogens with zero attached hydrogens (tertiary/aromatic N) is 1.